The van der Waals surface area contributed by atoms with Gasteiger partial charge < -0.3 is 5.32 Å². The third kappa shape index (κ3) is 4.46. The van der Waals surface area contributed by atoms with E-state index in [0.717, 1.165) is 18.5 Å². The van der Waals surface area contributed by atoms with E-state index in [1.54, 1.807) is 31.2 Å². The second-order valence-corrected chi connectivity index (χ2v) is 5.93. The Labute approximate surface area is 122 Å². The van der Waals surface area contributed by atoms with Crippen molar-refractivity contribution < 1.29 is 9.59 Å². The van der Waals surface area contributed by atoms with Gasteiger partial charge in [0.05, 0.1) is 4.83 Å². The molecule has 0 radical (unpaired) electrons. The topological polar surface area (TPSA) is 46.2 Å². The van der Waals surface area contributed by atoms with Crippen molar-refractivity contribution in [2.75, 3.05) is 5.32 Å². The summed E-state index contributed by atoms with van der Waals surface area (Å²) in [5.74, 6) is 0.125. The van der Waals surface area contributed by atoms with E-state index in [-0.39, 0.29) is 22.4 Å². The van der Waals surface area contributed by atoms with Gasteiger partial charge in [-0.3, -0.25) is 9.59 Å². The van der Waals surface area contributed by atoms with Gasteiger partial charge in [-0.1, -0.05) is 29.8 Å². The molecule has 3 nitrogen and oxygen atoms in total. The van der Waals surface area contributed by atoms with Gasteiger partial charge in [0.1, 0.15) is 0 Å². The molecule has 0 fully saturated rings. The molecule has 1 rings (SSSR count). The summed E-state index contributed by atoms with van der Waals surface area (Å²) in [5, 5.41) is 2.88. The Morgan fingerprint density at radius 3 is 2.11 bits per heavy atom. The third-order valence-corrected chi connectivity index (χ3v) is 3.57. The van der Waals surface area contributed by atoms with E-state index < -0.39 is 0 Å². The molecule has 0 saturated heterocycles. The minimum Gasteiger partial charge on any atom is -0.326 e. The van der Waals surface area contributed by atoms with Crippen molar-refractivity contribution in [2.45, 2.75) is 38.4 Å². The van der Waals surface area contributed by atoms with E-state index in [1.807, 2.05) is 13.8 Å². The van der Waals surface area contributed by atoms with Gasteiger partial charge in [0.25, 0.3) is 0 Å². The van der Waals surface area contributed by atoms with Gasteiger partial charge in [0.2, 0.25) is 5.91 Å². The summed E-state index contributed by atoms with van der Waals surface area (Å²) in [4.78, 5) is 23.5. The van der Waals surface area contributed by atoms with Crippen molar-refractivity contribution in [2.24, 2.45) is 5.92 Å². The van der Waals surface area contributed by atoms with Gasteiger partial charge in [-0.05, 0) is 44.0 Å². The molecule has 0 saturated carbocycles. The van der Waals surface area contributed by atoms with Crippen LogP contribution < -0.4 is 5.32 Å². The van der Waals surface area contributed by atoms with Crippen molar-refractivity contribution in [3.05, 3.63) is 29.8 Å². The molecule has 1 amide bonds. The smallest absolute Gasteiger partial charge is 0.227 e. The Bertz CT molecular complexity index is 436. The zero-order valence-corrected chi connectivity index (χ0v) is 13.2. The molecule has 4 heteroatoms. The maximum atomic E-state index is 11.9. The monoisotopic (exact) mass is 325 g/mol. The van der Waals surface area contributed by atoms with Gasteiger partial charge in [0.15, 0.2) is 5.78 Å². The van der Waals surface area contributed by atoms with Crippen molar-refractivity contribution in [3.63, 3.8) is 0 Å². The quantitative estimate of drug-likeness (QED) is 0.634. The standard InChI is InChI=1S/C15H20BrNO2/c1-4-11(5-2)15(19)17-13-8-6-12(7-9-13)14(18)10(3)16/h6-11H,4-5H2,1-3H3,(H,17,19). The molecular weight excluding hydrogens is 306 g/mol. The first-order valence-corrected chi connectivity index (χ1v) is 7.50. The van der Waals surface area contributed by atoms with E-state index in [2.05, 4.69) is 21.2 Å². The minimum absolute atomic E-state index is 0.0397. The number of alkyl halides is 1. The number of hydrogen-bond donors (Lipinski definition) is 1. The summed E-state index contributed by atoms with van der Waals surface area (Å²) in [6.45, 7) is 5.81. The first-order valence-electron chi connectivity index (χ1n) is 6.58. The lowest BCUT2D eigenvalue weighted by Crippen LogP contribution is -2.21. The summed E-state index contributed by atoms with van der Waals surface area (Å²) in [6.07, 6.45) is 1.67. The van der Waals surface area contributed by atoms with Crippen LogP contribution >= 0.6 is 15.9 Å². The predicted octanol–water partition coefficient (Wildman–Crippen LogP) is 4.03. The lowest BCUT2D eigenvalue weighted by Gasteiger charge is -2.13. The summed E-state index contributed by atoms with van der Waals surface area (Å²) >= 11 is 3.25. The Morgan fingerprint density at radius 1 is 1.16 bits per heavy atom. The van der Waals surface area contributed by atoms with Crippen molar-refractivity contribution in [3.8, 4) is 0 Å². The van der Waals surface area contributed by atoms with Crippen LogP contribution in [0.3, 0.4) is 0 Å². The average Bonchev–Trinajstić information content (AvgIpc) is 2.40. The molecule has 104 valence electrons. The first kappa shape index (κ1) is 15.9. The highest BCUT2D eigenvalue weighted by molar-refractivity contribution is 9.10. The van der Waals surface area contributed by atoms with Crippen molar-refractivity contribution >= 4 is 33.3 Å². The van der Waals surface area contributed by atoms with Crippen LogP contribution in [0.1, 0.15) is 44.0 Å². The second kappa shape index (κ2) is 7.43. The Kier molecular flexibility index (Phi) is 6.22. The van der Waals surface area contributed by atoms with Crippen LogP contribution in [0.2, 0.25) is 0 Å². The average molecular weight is 326 g/mol. The minimum atomic E-state index is -0.197. The molecule has 1 unspecified atom stereocenters. The fourth-order valence-electron chi connectivity index (χ4n) is 1.85. The molecule has 0 aromatic heterocycles. The van der Waals surface area contributed by atoms with Gasteiger partial charge in [-0.25, -0.2) is 0 Å². The number of Topliss-reactive ketones (excluding diaryl/α,β-unsaturated/α-hetero) is 1. The van der Waals surface area contributed by atoms with E-state index in [0.29, 0.717) is 5.56 Å². The zero-order chi connectivity index (χ0) is 14.4. The van der Waals surface area contributed by atoms with Crippen LogP contribution in [-0.4, -0.2) is 16.5 Å². The molecule has 0 aliphatic heterocycles. The van der Waals surface area contributed by atoms with Gasteiger partial charge in [-0.15, -0.1) is 0 Å². The number of rotatable bonds is 6. The molecule has 0 aliphatic carbocycles. The fraction of sp³-hybridized carbons (Fsp3) is 0.467. The molecular formula is C15H20BrNO2. The highest BCUT2D eigenvalue weighted by atomic mass is 79.9. The van der Waals surface area contributed by atoms with Gasteiger partial charge in [0, 0.05) is 17.2 Å². The Morgan fingerprint density at radius 2 is 1.68 bits per heavy atom. The number of anilines is 1. The molecule has 0 bridgehead atoms. The molecule has 0 heterocycles. The van der Waals surface area contributed by atoms with E-state index >= 15 is 0 Å². The Hall–Kier alpha value is -1.16. The van der Waals surface area contributed by atoms with Crippen LogP contribution in [-0.2, 0) is 4.79 Å². The summed E-state index contributed by atoms with van der Waals surface area (Å²) < 4.78 is 0. The molecule has 1 N–H and O–H groups in total. The number of carbonyl (C=O) groups excluding carboxylic acids is 2. The number of carbonyl (C=O) groups is 2. The predicted molar refractivity (Wildman–Crippen MR) is 81.9 cm³/mol. The largest absolute Gasteiger partial charge is 0.326 e. The molecule has 1 aromatic carbocycles. The van der Waals surface area contributed by atoms with Crippen LogP contribution in [0.5, 0.6) is 0 Å². The SMILES string of the molecule is CCC(CC)C(=O)Nc1ccc(C(=O)C(C)Br)cc1. The molecule has 0 spiro atoms. The number of benzene rings is 1. The van der Waals surface area contributed by atoms with E-state index in [4.69, 9.17) is 0 Å². The maximum absolute atomic E-state index is 11.9. The van der Waals surface area contributed by atoms with Gasteiger partial charge >= 0.3 is 0 Å². The maximum Gasteiger partial charge on any atom is 0.227 e. The van der Waals surface area contributed by atoms with Crippen LogP contribution in [0.25, 0.3) is 0 Å². The van der Waals surface area contributed by atoms with E-state index in [1.165, 1.54) is 0 Å². The summed E-state index contributed by atoms with van der Waals surface area (Å²) in [5.41, 5.74) is 1.38. The third-order valence-electron chi connectivity index (χ3n) is 3.15. The molecule has 0 aliphatic rings. The zero-order valence-electron chi connectivity index (χ0n) is 11.6. The lowest BCUT2D eigenvalue weighted by atomic mass is 10.0. The lowest BCUT2D eigenvalue weighted by molar-refractivity contribution is -0.120. The molecule has 1 atom stereocenters. The number of amides is 1. The summed E-state index contributed by atoms with van der Waals surface area (Å²) in [6, 6.07) is 7.01. The van der Waals surface area contributed by atoms with Crippen LogP contribution in [0.4, 0.5) is 5.69 Å². The Balaban J connectivity index is 2.72. The molecule has 19 heavy (non-hydrogen) atoms. The first-order chi connectivity index (χ1) is 8.99. The number of ketones is 1. The van der Waals surface area contributed by atoms with Crippen molar-refractivity contribution in [1.82, 2.24) is 0 Å². The number of halogens is 1. The summed E-state index contributed by atoms with van der Waals surface area (Å²) in [7, 11) is 0. The van der Waals surface area contributed by atoms with Crippen LogP contribution in [0, 0.1) is 5.92 Å². The van der Waals surface area contributed by atoms with Crippen LogP contribution in [0.15, 0.2) is 24.3 Å². The van der Waals surface area contributed by atoms with Crippen molar-refractivity contribution in [1.29, 1.82) is 0 Å². The van der Waals surface area contributed by atoms with Gasteiger partial charge in [-0.2, -0.15) is 0 Å². The normalized spacial score (nSPS) is 12.3. The highest BCUT2D eigenvalue weighted by Gasteiger charge is 2.15. The fourth-order valence-corrected chi connectivity index (χ4v) is 2.12. The second-order valence-electron chi connectivity index (χ2n) is 4.56. The number of hydrogen-bond acceptors (Lipinski definition) is 2. The molecule has 1 aromatic rings. The number of nitrogens with one attached hydrogen (secondary N) is 1. The van der Waals surface area contributed by atoms with E-state index in [9.17, 15) is 9.59 Å². The highest BCUT2D eigenvalue weighted by Crippen LogP contribution is 2.16.